The Morgan fingerprint density at radius 2 is 2.06 bits per heavy atom. The average molecular weight is 273 g/mol. The van der Waals surface area contributed by atoms with Gasteiger partial charge in [-0.3, -0.25) is 0 Å². The predicted octanol–water partition coefficient (Wildman–Crippen LogP) is 1.17. The molecule has 6 nitrogen and oxygen atoms in total. The van der Waals surface area contributed by atoms with Crippen molar-refractivity contribution >= 4 is 16.0 Å². The molecule has 0 heterocycles. The van der Waals surface area contributed by atoms with Crippen molar-refractivity contribution in [3.8, 4) is 5.75 Å². The topological polar surface area (TPSA) is 104 Å². The molecule has 0 aliphatic carbocycles. The third-order valence-electron chi connectivity index (χ3n) is 2.48. The number of hydrogen-bond donors (Lipinski definition) is 3. The lowest BCUT2D eigenvalue weighted by Gasteiger charge is -2.12. The van der Waals surface area contributed by atoms with E-state index in [0.29, 0.717) is 6.42 Å². The standard InChI is InChI=1S/C11H15NO5S/c1-3-7(2)12-18(16,17)8-4-5-10(13)9(6-8)11(14)15/h4-7,12-13H,3H2,1-2H3,(H,14,15). The van der Waals surface area contributed by atoms with Gasteiger partial charge in [0.25, 0.3) is 0 Å². The fraction of sp³-hybridized carbons (Fsp3) is 0.364. The normalized spacial score (nSPS) is 13.2. The maximum absolute atomic E-state index is 11.9. The van der Waals surface area contributed by atoms with E-state index in [9.17, 15) is 18.3 Å². The Morgan fingerprint density at radius 1 is 1.44 bits per heavy atom. The van der Waals surface area contributed by atoms with Crippen molar-refractivity contribution in [2.24, 2.45) is 0 Å². The minimum atomic E-state index is -3.77. The fourth-order valence-corrected chi connectivity index (χ4v) is 2.62. The van der Waals surface area contributed by atoms with Gasteiger partial charge < -0.3 is 10.2 Å². The average Bonchev–Trinajstić information content (AvgIpc) is 2.28. The Kier molecular flexibility index (Phi) is 4.31. The fourth-order valence-electron chi connectivity index (χ4n) is 1.27. The first kappa shape index (κ1) is 14.5. The number of carboxylic acid groups (broad SMARTS) is 1. The zero-order valence-corrected chi connectivity index (χ0v) is 10.9. The molecule has 1 aromatic carbocycles. The van der Waals surface area contributed by atoms with E-state index in [1.807, 2.05) is 6.92 Å². The van der Waals surface area contributed by atoms with Crippen molar-refractivity contribution in [3.05, 3.63) is 23.8 Å². The van der Waals surface area contributed by atoms with Crippen molar-refractivity contribution in [1.29, 1.82) is 0 Å². The van der Waals surface area contributed by atoms with Crippen LogP contribution in [0, 0.1) is 0 Å². The highest BCUT2D eigenvalue weighted by Crippen LogP contribution is 2.21. The molecule has 0 fully saturated rings. The van der Waals surface area contributed by atoms with Gasteiger partial charge in [0.15, 0.2) is 0 Å². The summed E-state index contributed by atoms with van der Waals surface area (Å²) in [5.74, 6) is -1.85. The molecule has 0 aliphatic rings. The summed E-state index contributed by atoms with van der Waals surface area (Å²) in [6, 6.07) is 2.89. The van der Waals surface area contributed by atoms with E-state index in [4.69, 9.17) is 5.11 Å². The molecule has 0 aromatic heterocycles. The minimum Gasteiger partial charge on any atom is -0.507 e. The largest absolute Gasteiger partial charge is 0.507 e. The van der Waals surface area contributed by atoms with E-state index in [0.717, 1.165) is 18.2 Å². The second-order valence-corrected chi connectivity index (χ2v) is 5.63. The molecule has 1 rings (SSSR count). The maximum atomic E-state index is 11.9. The van der Waals surface area contributed by atoms with Gasteiger partial charge in [-0.05, 0) is 31.5 Å². The summed E-state index contributed by atoms with van der Waals surface area (Å²) >= 11 is 0. The number of carboxylic acids is 1. The van der Waals surface area contributed by atoms with Gasteiger partial charge in [-0.25, -0.2) is 17.9 Å². The zero-order valence-electron chi connectivity index (χ0n) is 10.0. The highest BCUT2D eigenvalue weighted by atomic mass is 32.2. The SMILES string of the molecule is CCC(C)NS(=O)(=O)c1ccc(O)c(C(=O)O)c1. The smallest absolute Gasteiger partial charge is 0.339 e. The summed E-state index contributed by atoms with van der Waals surface area (Å²) in [7, 11) is -3.77. The van der Waals surface area contributed by atoms with E-state index in [-0.39, 0.29) is 10.9 Å². The van der Waals surface area contributed by atoms with Crippen molar-refractivity contribution in [1.82, 2.24) is 4.72 Å². The first-order valence-corrected chi connectivity index (χ1v) is 6.85. The summed E-state index contributed by atoms with van der Waals surface area (Å²) in [5.41, 5.74) is -0.443. The van der Waals surface area contributed by atoms with Crippen LogP contribution in [0.4, 0.5) is 0 Å². The van der Waals surface area contributed by atoms with Crippen LogP contribution in [0.1, 0.15) is 30.6 Å². The number of hydrogen-bond acceptors (Lipinski definition) is 4. The van der Waals surface area contributed by atoms with Crippen LogP contribution < -0.4 is 4.72 Å². The lowest BCUT2D eigenvalue weighted by molar-refractivity contribution is 0.0693. The van der Waals surface area contributed by atoms with Crippen LogP contribution in [0.3, 0.4) is 0 Å². The Bertz CT molecular complexity index is 553. The van der Waals surface area contributed by atoms with Crippen LogP contribution in [0.25, 0.3) is 0 Å². The number of nitrogens with one attached hydrogen (secondary N) is 1. The molecular formula is C11H15NO5S. The lowest BCUT2D eigenvalue weighted by atomic mass is 10.2. The lowest BCUT2D eigenvalue weighted by Crippen LogP contribution is -2.32. The third kappa shape index (κ3) is 3.21. The van der Waals surface area contributed by atoms with Gasteiger partial charge in [0.2, 0.25) is 10.0 Å². The Labute approximate surface area is 105 Å². The van der Waals surface area contributed by atoms with Gasteiger partial charge in [-0.15, -0.1) is 0 Å². The molecule has 18 heavy (non-hydrogen) atoms. The maximum Gasteiger partial charge on any atom is 0.339 e. The molecule has 0 amide bonds. The molecule has 7 heteroatoms. The molecule has 100 valence electrons. The van der Waals surface area contributed by atoms with Crippen LogP contribution in [-0.2, 0) is 10.0 Å². The molecule has 0 bridgehead atoms. The van der Waals surface area contributed by atoms with E-state index in [2.05, 4.69) is 4.72 Å². The van der Waals surface area contributed by atoms with Crippen LogP contribution in [0.15, 0.2) is 23.1 Å². The molecule has 0 aliphatic heterocycles. The summed E-state index contributed by atoms with van der Waals surface area (Å²) in [6.45, 7) is 3.53. The van der Waals surface area contributed by atoms with Crippen LogP contribution in [-0.4, -0.2) is 30.6 Å². The van der Waals surface area contributed by atoms with Crippen LogP contribution >= 0.6 is 0 Å². The van der Waals surface area contributed by atoms with Gasteiger partial charge in [-0.2, -0.15) is 0 Å². The second kappa shape index (κ2) is 5.36. The van der Waals surface area contributed by atoms with E-state index in [1.165, 1.54) is 0 Å². The molecule has 0 saturated heterocycles. The summed E-state index contributed by atoms with van der Waals surface area (Å²) in [4.78, 5) is 10.6. The number of carbonyl (C=O) groups is 1. The molecule has 1 unspecified atom stereocenters. The highest BCUT2D eigenvalue weighted by molar-refractivity contribution is 7.89. The number of sulfonamides is 1. The third-order valence-corrected chi connectivity index (χ3v) is 4.06. The number of phenols is 1. The van der Waals surface area contributed by atoms with Crippen LogP contribution in [0.5, 0.6) is 5.75 Å². The van der Waals surface area contributed by atoms with E-state index >= 15 is 0 Å². The zero-order chi connectivity index (χ0) is 13.9. The van der Waals surface area contributed by atoms with Gasteiger partial charge in [-0.1, -0.05) is 6.92 Å². The van der Waals surface area contributed by atoms with Crippen molar-refractivity contribution in [2.45, 2.75) is 31.2 Å². The monoisotopic (exact) mass is 273 g/mol. The number of aromatic carboxylic acids is 1. The number of rotatable bonds is 5. The highest BCUT2D eigenvalue weighted by Gasteiger charge is 2.20. The van der Waals surface area contributed by atoms with Gasteiger partial charge in [0.05, 0.1) is 4.90 Å². The number of aromatic hydroxyl groups is 1. The van der Waals surface area contributed by atoms with E-state index in [1.54, 1.807) is 6.92 Å². The second-order valence-electron chi connectivity index (χ2n) is 3.91. The van der Waals surface area contributed by atoms with Crippen molar-refractivity contribution in [3.63, 3.8) is 0 Å². The molecule has 0 radical (unpaired) electrons. The Morgan fingerprint density at radius 3 is 2.56 bits per heavy atom. The molecular weight excluding hydrogens is 258 g/mol. The molecule has 1 atom stereocenters. The first-order valence-electron chi connectivity index (χ1n) is 5.36. The van der Waals surface area contributed by atoms with E-state index < -0.39 is 27.3 Å². The molecule has 3 N–H and O–H groups in total. The summed E-state index contributed by atoms with van der Waals surface area (Å²) < 4.78 is 26.2. The minimum absolute atomic E-state index is 0.182. The summed E-state index contributed by atoms with van der Waals surface area (Å²) in [5, 5.41) is 18.1. The van der Waals surface area contributed by atoms with Crippen LogP contribution in [0.2, 0.25) is 0 Å². The van der Waals surface area contributed by atoms with Crippen molar-refractivity contribution < 1.29 is 23.4 Å². The number of benzene rings is 1. The summed E-state index contributed by atoms with van der Waals surface area (Å²) in [6.07, 6.45) is 0.614. The van der Waals surface area contributed by atoms with Crippen molar-refractivity contribution in [2.75, 3.05) is 0 Å². The molecule has 0 spiro atoms. The van der Waals surface area contributed by atoms with Gasteiger partial charge >= 0.3 is 5.97 Å². The predicted molar refractivity (Wildman–Crippen MR) is 65.1 cm³/mol. The van der Waals surface area contributed by atoms with Gasteiger partial charge in [0, 0.05) is 6.04 Å². The van der Waals surface area contributed by atoms with Gasteiger partial charge in [0.1, 0.15) is 11.3 Å². The Balaban J connectivity index is 3.18. The Hall–Kier alpha value is -1.60. The molecule has 1 aromatic rings. The first-order chi connectivity index (χ1) is 8.27. The molecule has 0 saturated carbocycles. The quantitative estimate of drug-likeness (QED) is 0.747.